The van der Waals surface area contributed by atoms with E-state index in [1.54, 1.807) is 26.0 Å². The van der Waals surface area contributed by atoms with E-state index < -0.39 is 163 Å². The van der Waals surface area contributed by atoms with Gasteiger partial charge in [0.25, 0.3) is 5.91 Å². The highest BCUT2D eigenvalue weighted by Gasteiger charge is 2.42. The second-order valence-corrected chi connectivity index (χ2v) is 26.7. The first-order valence-corrected chi connectivity index (χ1v) is 34.9. The molecule has 540 valence electrons. The molecular formula is C64H93N13O19S2. The summed E-state index contributed by atoms with van der Waals surface area (Å²) in [6.45, 7) is 6.45. The van der Waals surface area contributed by atoms with E-state index in [1.165, 1.54) is 54.7 Å². The van der Waals surface area contributed by atoms with Crippen LogP contribution in [0.3, 0.4) is 0 Å². The normalized spacial score (nSPS) is 25.7. The van der Waals surface area contributed by atoms with Gasteiger partial charge in [0.15, 0.2) is 0 Å². The number of carbonyl (C=O) groups is 13. The molecule has 1 fully saturated rings. The molecule has 11 atom stereocenters. The monoisotopic (exact) mass is 1410 g/mol. The Morgan fingerprint density at radius 2 is 1.26 bits per heavy atom. The highest BCUT2D eigenvalue weighted by atomic mass is 32.2. The number of rotatable bonds is 15. The summed E-state index contributed by atoms with van der Waals surface area (Å²) in [5, 5.41) is 67.5. The van der Waals surface area contributed by atoms with E-state index in [1.807, 2.05) is 6.07 Å². The molecule has 0 saturated carbocycles. The maximum absolute atomic E-state index is 14.5. The summed E-state index contributed by atoms with van der Waals surface area (Å²) in [5.41, 5.74) is 13.4. The maximum atomic E-state index is 14.5. The number of nitrogens with one attached hydrogen (secondary N) is 9. The number of carboxylic acid groups (broad SMARTS) is 2. The van der Waals surface area contributed by atoms with Crippen LogP contribution in [0, 0.1) is 5.92 Å². The third-order valence-electron chi connectivity index (χ3n) is 15.9. The largest absolute Gasteiger partial charge is 0.508 e. The van der Waals surface area contributed by atoms with Gasteiger partial charge in [-0.3, -0.25) is 62.3 Å². The van der Waals surface area contributed by atoms with E-state index >= 15 is 0 Å². The Kier molecular flexibility index (Phi) is 33.3. The molecule has 1 saturated heterocycles. The number of oxime groups is 1. The molecule has 17 N–H and O–H groups in total. The van der Waals surface area contributed by atoms with Crippen LogP contribution in [0.5, 0.6) is 11.5 Å². The molecule has 3 heterocycles. The van der Waals surface area contributed by atoms with Crippen LogP contribution in [-0.4, -0.2) is 213 Å². The molecule has 2 aromatic carbocycles. The fourth-order valence-corrected chi connectivity index (χ4v) is 12.7. The average Bonchev–Trinajstić information content (AvgIpc) is 1.93. The summed E-state index contributed by atoms with van der Waals surface area (Å²) in [5.74, 6) is -13.5. The lowest BCUT2D eigenvalue weighted by atomic mass is 10.0. The van der Waals surface area contributed by atoms with Crippen LogP contribution in [0.4, 0.5) is 0 Å². The van der Waals surface area contributed by atoms with Crippen LogP contribution in [0.25, 0.3) is 0 Å². The third kappa shape index (κ3) is 27.3. The van der Waals surface area contributed by atoms with Gasteiger partial charge in [-0.1, -0.05) is 37.2 Å². The van der Waals surface area contributed by atoms with Gasteiger partial charge in [-0.2, -0.15) is 23.5 Å². The van der Waals surface area contributed by atoms with Gasteiger partial charge in [0.1, 0.15) is 84.7 Å². The minimum absolute atomic E-state index is 0.0221. The predicted molar refractivity (Wildman–Crippen MR) is 359 cm³/mol. The number of phenolic OH excluding ortho intramolecular Hbond substituents is 1. The summed E-state index contributed by atoms with van der Waals surface area (Å²) < 4.78 is 6.24. The molecule has 32 nitrogen and oxygen atoms in total. The number of benzene rings is 2. The van der Waals surface area contributed by atoms with Gasteiger partial charge in [-0.15, -0.1) is 0 Å². The Morgan fingerprint density at radius 1 is 0.653 bits per heavy atom. The number of nitrogens with two attached hydrogens (primary N) is 2. The zero-order valence-corrected chi connectivity index (χ0v) is 57.0. The van der Waals surface area contributed by atoms with Crippen molar-refractivity contribution in [3.63, 3.8) is 0 Å². The number of hydrogen-bond donors (Lipinski definition) is 15. The van der Waals surface area contributed by atoms with Gasteiger partial charge >= 0.3 is 11.9 Å². The third-order valence-corrected chi connectivity index (χ3v) is 18.1. The van der Waals surface area contributed by atoms with E-state index in [-0.39, 0.29) is 86.5 Å². The Bertz CT molecular complexity index is 3140. The topological polar surface area (TPSA) is 497 Å². The first kappa shape index (κ1) is 79.9. The van der Waals surface area contributed by atoms with Crippen molar-refractivity contribution in [3.8, 4) is 11.5 Å². The molecule has 3 aliphatic rings. The van der Waals surface area contributed by atoms with Gasteiger partial charge in [0.05, 0.1) is 19.1 Å². The van der Waals surface area contributed by atoms with Crippen molar-refractivity contribution in [1.29, 1.82) is 0 Å². The number of aliphatic carboxylic acids is 2. The molecule has 3 aliphatic heterocycles. The number of carbonyl (C=O) groups excluding carboxylic acids is 11. The number of aromatic hydroxyl groups is 1. The lowest BCUT2D eigenvalue weighted by molar-refractivity contribution is -0.145. The first-order valence-electron chi connectivity index (χ1n) is 32.6. The number of nitrogens with zero attached hydrogens (tertiary/aromatic N) is 2. The van der Waals surface area contributed by atoms with Crippen molar-refractivity contribution in [3.05, 3.63) is 59.2 Å². The smallest absolute Gasteiger partial charge is 0.305 e. The average molecular weight is 1410 g/mol. The molecule has 0 unspecified atom stereocenters. The molecular weight excluding hydrogens is 1320 g/mol. The van der Waals surface area contributed by atoms with Crippen molar-refractivity contribution in [2.45, 2.75) is 196 Å². The Hall–Kier alpha value is -8.76. The SMILES string of the molecule is CC(C)C[C@@H]1NC(=O)[C@H](C)NC(=O)[C@@H]2CSCc3cc(cc(c3)OCCCCCCO/N=C/C(=O)N[C@@H](CCCCN)C(=O)N2)CSC[C@@H](C(N)=O)NC(=O)[C@H](CCC(=O)O)NC(=O)[C@H](Cc2ccc(O)cc2)NC(=O)[C@@H]2CCCN2C(=O)[C@H]([C@@H](C)O)NC(=O)[C@H](CC(=O)O)NC1=O. The van der Waals surface area contributed by atoms with Gasteiger partial charge in [-0.05, 0) is 138 Å². The summed E-state index contributed by atoms with van der Waals surface area (Å²) in [7, 11) is 0. The van der Waals surface area contributed by atoms with E-state index in [9.17, 15) is 82.8 Å². The minimum Gasteiger partial charge on any atom is -0.508 e. The van der Waals surface area contributed by atoms with Crippen LogP contribution < -0.4 is 64.1 Å². The number of amides is 11. The van der Waals surface area contributed by atoms with E-state index in [0.717, 1.165) is 30.9 Å². The van der Waals surface area contributed by atoms with Crippen LogP contribution in [0.1, 0.15) is 128 Å². The van der Waals surface area contributed by atoms with Crippen LogP contribution in [0.2, 0.25) is 0 Å². The zero-order valence-electron chi connectivity index (χ0n) is 55.4. The van der Waals surface area contributed by atoms with Crippen molar-refractivity contribution >= 4 is 107 Å². The Balaban J connectivity index is 1.59. The molecule has 5 rings (SSSR count). The molecule has 0 radical (unpaired) electrons. The highest BCUT2D eigenvalue weighted by molar-refractivity contribution is 7.98. The van der Waals surface area contributed by atoms with E-state index in [0.29, 0.717) is 54.7 Å². The summed E-state index contributed by atoms with van der Waals surface area (Å²) in [4.78, 5) is 186. The molecule has 11 amide bonds. The molecule has 2 aromatic rings. The molecule has 0 spiro atoms. The first-order chi connectivity index (χ1) is 46.6. The molecule has 98 heavy (non-hydrogen) atoms. The van der Waals surface area contributed by atoms with Crippen molar-refractivity contribution < 1.29 is 92.3 Å². The van der Waals surface area contributed by atoms with Crippen LogP contribution >= 0.6 is 23.5 Å². The van der Waals surface area contributed by atoms with Crippen LogP contribution in [-0.2, 0) is 85.1 Å². The van der Waals surface area contributed by atoms with Gasteiger partial charge in [0, 0.05) is 42.4 Å². The number of hydrogen-bond acceptors (Lipinski definition) is 21. The summed E-state index contributed by atoms with van der Waals surface area (Å²) in [6.07, 6.45) is 0.311. The van der Waals surface area contributed by atoms with Gasteiger partial charge < -0.3 is 94.2 Å². The number of carboxylic acids is 2. The number of thioether (sulfide) groups is 2. The van der Waals surface area contributed by atoms with Crippen molar-refractivity contribution in [2.24, 2.45) is 22.5 Å². The zero-order chi connectivity index (χ0) is 72.0. The van der Waals surface area contributed by atoms with Gasteiger partial charge in [0.2, 0.25) is 59.1 Å². The number of aliphatic hydroxyl groups excluding tert-OH is 1. The van der Waals surface area contributed by atoms with Crippen molar-refractivity contribution in [2.75, 3.05) is 37.8 Å². The van der Waals surface area contributed by atoms with Crippen molar-refractivity contribution in [1.82, 2.24) is 52.8 Å². The maximum Gasteiger partial charge on any atom is 0.305 e. The fraction of sp³-hybridized carbons (Fsp3) is 0.594. The number of ether oxygens (including phenoxy) is 1. The second kappa shape index (κ2) is 40.8. The van der Waals surface area contributed by atoms with Crippen LogP contribution in [0.15, 0.2) is 47.6 Å². The molecule has 0 aromatic heterocycles. The lowest BCUT2D eigenvalue weighted by Gasteiger charge is -2.32. The number of primary amides is 1. The highest BCUT2D eigenvalue weighted by Crippen LogP contribution is 2.27. The van der Waals surface area contributed by atoms with Gasteiger partial charge in [-0.25, -0.2) is 0 Å². The number of aliphatic hydroxyl groups is 1. The lowest BCUT2D eigenvalue weighted by Crippen LogP contribution is -2.62. The number of phenols is 1. The quantitative estimate of drug-likeness (QED) is 0.0934. The fourth-order valence-electron chi connectivity index (χ4n) is 10.7. The standard InChI is InChI=1S/C64H93N13O19S2/c1-35(2)24-45-59(89)72-47(29-53(83)84)61(91)76-54(37(4)78)64(94)77-21-11-13-50(77)63(93)73-46(28-38-14-16-41(79)17-15-38)60(90)70-44(18-19-52(81)82)58(88)74-48(55(66)85)33-97-31-39-25-40-27-42(26-39)95-22-9-5-6-10-23-96-67-30-51(80)69-43(12-7-8-20-65)57(87)75-49(34-98-32-40)62(92)68-36(3)56(86)71-45/h14-17,25-27,30,35-37,43-50,54,78-79H,5-13,18-24,28-29,31-34,65H2,1-4H3,(H2,66,85)(H,68,92)(H,69,80)(H,70,90)(H,71,86)(H,72,89)(H,73,93)(H,74,88)(H,75,87)(H,76,91)(H,81,82)(H,83,84)/b67-30+/t36-,37+,43-,44-,45-,46-,47-,48-,49-,50-,54-/m0/s1. The number of unbranched alkanes of at least 4 members (excludes halogenated alkanes) is 1. The molecule has 4 bridgehead atoms. The minimum atomic E-state index is -1.97. The molecule has 0 aliphatic carbocycles. The number of fused-ring (bicyclic) bond motifs is 6. The molecule has 34 heteroatoms. The predicted octanol–water partition coefficient (Wildman–Crippen LogP) is -1.18. The van der Waals surface area contributed by atoms with E-state index in [2.05, 4.69) is 53.0 Å². The Morgan fingerprint density at radius 3 is 1.90 bits per heavy atom. The van der Waals surface area contributed by atoms with E-state index in [4.69, 9.17) is 21.0 Å². The summed E-state index contributed by atoms with van der Waals surface area (Å²) in [6, 6.07) is -4.53. The second-order valence-electron chi connectivity index (χ2n) is 24.6. The Labute approximate surface area is 575 Å². The summed E-state index contributed by atoms with van der Waals surface area (Å²) >= 11 is 2.37.